The van der Waals surface area contributed by atoms with E-state index in [4.69, 9.17) is 0 Å². The second-order valence-corrected chi connectivity index (χ2v) is 5.91. The molecule has 6 nitrogen and oxygen atoms in total. The van der Waals surface area contributed by atoms with Gasteiger partial charge in [-0.3, -0.25) is 9.69 Å². The van der Waals surface area contributed by atoms with Gasteiger partial charge in [0.1, 0.15) is 5.82 Å². The molecule has 0 aliphatic carbocycles. The Labute approximate surface area is 126 Å². The van der Waals surface area contributed by atoms with Crippen LogP contribution < -0.4 is 10.9 Å². The van der Waals surface area contributed by atoms with Crippen LogP contribution in [0.5, 0.6) is 0 Å². The molecule has 1 unspecified atom stereocenters. The second-order valence-electron chi connectivity index (χ2n) is 5.91. The molecule has 0 aromatic carbocycles. The van der Waals surface area contributed by atoms with Crippen molar-refractivity contribution in [3.63, 3.8) is 0 Å². The highest BCUT2D eigenvalue weighted by Crippen LogP contribution is 2.19. The van der Waals surface area contributed by atoms with Crippen molar-refractivity contribution in [2.75, 3.05) is 40.3 Å². The Balaban J connectivity index is 2.18. The molecule has 0 radical (unpaired) electrons. The molecule has 1 atom stereocenters. The average Bonchev–Trinajstić information content (AvgIpc) is 2.60. The maximum atomic E-state index is 11.9. The largest absolute Gasteiger partial charge is 0.311 e. The number of nitrogens with zero attached hydrogens (tertiary/aromatic N) is 3. The van der Waals surface area contributed by atoms with E-state index >= 15 is 0 Å². The van der Waals surface area contributed by atoms with E-state index in [1.54, 1.807) is 6.07 Å². The summed E-state index contributed by atoms with van der Waals surface area (Å²) in [4.78, 5) is 24.1. The van der Waals surface area contributed by atoms with Crippen molar-refractivity contribution in [2.45, 2.75) is 32.4 Å². The van der Waals surface area contributed by atoms with Crippen molar-refractivity contribution >= 4 is 0 Å². The van der Waals surface area contributed by atoms with Crippen LogP contribution in [0.3, 0.4) is 0 Å². The van der Waals surface area contributed by atoms with Crippen molar-refractivity contribution < 1.29 is 0 Å². The number of H-pyrrole nitrogens is 1. The van der Waals surface area contributed by atoms with Gasteiger partial charge in [-0.15, -0.1) is 0 Å². The van der Waals surface area contributed by atoms with Crippen LogP contribution in [0.1, 0.15) is 37.3 Å². The van der Waals surface area contributed by atoms with Crippen molar-refractivity contribution in [3.8, 4) is 0 Å². The zero-order valence-corrected chi connectivity index (χ0v) is 13.4. The first-order valence-electron chi connectivity index (χ1n) is 7.79. The Morgan fingerprint density at radius 1 is 1.43 bits per heavy atom. The molecule has 0 bridgehead atoms. The zero-order valence-electron chi connectivity index (χ0n) is 13.4. The summed E-state index contributed by atoms with van der Waals surface area (Å²) in [5.41, 5.74) is 0.760. The first-order chi connectivity index (χ1) is 10.1. The minimum absolute atomic E-state index is 0.0615. The zero-order chi connectivity index (χ0) is 15.2. The van der Waals surface area contributed by atoms with Gasteiger partial charge in [0.15, 0.2) is 0 Å². The lowest BCUT2D eigenvalue weighted by atomic mass is 10.2. The molecule has 1 aromatic rings. The lowest BCUT2D eigenvalue weighted by molar-refractivity contribution is 0.219. The van der Waals surface area contributed by atoms with Gasteiger partial charge in [-0.25, -0.2) is 4.98 Å². The van der Waals surface area contributed by atoms with Crippen LogP contribution in [0, 0.1) is 0 Å². The molecule has 0 saturated carbocycles. The molecule has 2 heterocycles. The Morgan fingerprint density at radius 3 is 3.00 bits per heavy atom. The number of hydrogen-bond acceptors (Lipinski definition) is 5. The van der Waals surface area contributed by atoms with Gasteiger partial charge in [0, 0.05) is 19.2 Å². The highest BCUT2D eigenvalue weighted by atomic mass is 16.1. The van der Waals surface area contributed by atoms with E-state index in [1.165, 1.54) is 0 Å². The predicted octanol–water partition coefficient (Wildman–Crippen LogP) is 0.578. The minimum Gasteiger partial charge on any atom is -0.311 e. The molecular formula is C15H27N5O. The number of aromatic amines is 1. The summed E-state index contributed by atoms with van der Waals surface area (Å²) in [6.07, 6.45) is 2.22. The van der Waals surface area contributed by atoms with Gasteiger partial charge in [-0.2, -0.15) is 0 Å². The SMILES string of the molecule is CCCNCc1cc(=O)[nH]c(C2CN(C)CCCN2C)n1. The molecule has 1 aromatic heterocycles. The topological polar surface area (TPSA) is 64.3 Å². The van der Waals surface area contributed by atoms with Gasteiger partial charge in [0.2, 0.25) is 0 Å². The van der Waals surface area contributed by atoms with Crippen LogP contribution in [-0.2, 0) is 6.54 Å². The number of aromatic nitrogens is 2. The van der Waals surface area contributed by atoms with E-state index in [-0.39, 0.29) is 11.6 Å². The van der Waals surface area contributed by atoms with Gasteiger partial charge in [-0.05, 0) is 46.6 Å². The molecule has 21 heavy (non-hydrogen) atoms. The van der Waals surface area contributed by atoms with E-state index in [2.05, 4.69) is 46.1 Å². The summed E-state index contributed by atoms with van der Waals surface area (Å²) in [6, 6.07) is 1.74. The fourth-order valence-corrected chi connectivity index (χ4v) is 2.74. The number of likely N-dealkylation sites (N-methyl/N-ethyl adjacent to an activating group) is 2. The van der Waals surface area contributed by atoms with Gasteiger partial charge in [0.25, 0.3) is 5.56 Å². The van der Waals surface area contributed by atoms with Crippen LogP contribution >= 0.6 is 0 Å². The number of rotatable bonds is 5. The molecule has 1 fully saturated rings. The Bertz CT molecular complexity index is 501. The smallest absolute Gasteiger partial charge is 0.251 e. The standard InChI is InChI=1S/C15H27N5O/c1-4-6-16-10-12-9-14(21)18-15(17-12)13-11-19(2)7-5-8-20(13)3/h9,13,16H,4-8,10-11H2,1-3H3,(H,17,18,21). The summed E-state index contributed by atoms with van der Waals surface area (Å²) in [7, 11) is 4.22. The monoisotopic (exact) mass is 293 g/mol. The summed E-state index contributed by atoms with van der Waals surface area (Å²) in [6.45, 7) is 6.72. The third-order valence-electron chi connectivity index (χ3n) is 3.93. The number of nitrogens with one attached hydrogen (secondary N) is 2. The Morgan fingerprint density at radius 2 is 2.24 bits per heavy atom. The van der Waals surface area contributed by atoms with E-state index in [9.17, 15) is 4.79 Å². The molecular weight excluding hydrogens is 266 g/mol. The molecule has 2 rings (SSSR count). The molecule has 1 aliphatic heterocycles. The first kappa shape index (κ1) is 16.1. The van der Waals surface area contributed by atoms with Crippen LogP contribution in [-0.4, -0.2) is 60.0 Å². The quantitative estimate of drug-likeness (QED) is 0.778. The summed E-state index contributed by atoms with van der Waals surface area (Å²) in [5, 5.41) is 3.30. The van der Waals surface area contributed by atoms with Crippen LogP contribution in [0.15, 0.2) is 10.9 Å². The summed E-state index contributed by atoms with van der Waals surface area (Å²) >= 11 is 0. The number of hydrogen-bond donors (Lipinski definition) is 2. The molecule has 118 valence electrons. The molecule has 2 N–H and O–H groups in total. The van der Waals surface area contributed by atoms with E-state index in [0.717, 1.165) is 50.5 Å². The van der Waals surface area contributed by atoms with E-state index in [0.29, 0.717) is 6.54 Å². The molecule has 1 aliphatic rings. The fourth-order valence-electron chi connectivity index (χ4n) is 2.74. The highest BCUT2D eigenvalue weighted by Gasteiger charge is 2.24. The Kier molecular flexibility index (Phi) is 5.90. The molecule has 6 heteroatoms. The average molecular weight is 293 g/mol. The van der Waals surface area contributed by atoms with Crippen LogP contribution in [0.4, 0.5) is 0 Å². The van der Waals surface area contributed by atoms with Gasteiger partial charge >= 0.3 is 0 Å². The summed E-state index contributed by atoms with van der Waals surface area (Å²) in [5.74, 6) is 0.784. The Hall–Kier alpha value is -1.24. The van der Waals surface area contributed by atoms with Gasteiger partial charge in [-0.1, -0.05) is 6.92 Å². The molecule has 0 spiro atoms. The maximum Gasteiger partial charge on any atom is 0.251 e. The van der Waals surface area contributed by atoms with Crippen molar-refractivity contribution in [1.29, 1.82) is 0 Å². The van der Waals surface area contributed by atoms with E-state index in [1.807, 2.05) is 0 Å². The maximum absolute atomic E-state index is 11.9. The summed E-state index contributed by atoms with van der Waals surface area (Å²) < 4.78 is 0. The van der Waals surface area contributed by atoms with Crippen LogP contribution in [0.2, 0.25) is 0 Å². The fraction of sp³-hybridized carbons (Fsp3) is 0.733. The minimum atomic E-state index is -0.0615. The third kappa shape index (κ3) is 4.62. The van der Waals surface area contributed by atoms with E-state index < -0.39 is 0 Å². The predicted molar refractivity (Wildman–Crippen MR) is 84.3 cm³/mol. The lowest BCUT2D eigenvalue weighted by Crippen LogP contribution is -2.33. The highest BCUT2D eigenvalue weighted by molar-refractivity contribution is 5.06. The normalized spacial score (nSPS) is 21.4. The van der Waals surface area contributed by atoms with Crippen molar-refractivity contribution in [2.24, 2.45) is 0 Å². The first-order valence-corrected chi connectivity index (χ1v) is 7.79. The van der Waals surface area contributed by atoms with Crippen LogP contribution in [0.25, 0.3) is 0 Å². The second kappa shape index (κ2) is 7.68. The third-order valence-corrected chi connectivity index (χ3v) is 3.93. The lowest BCUT2D eigenvalue weighted by Gasteiger charge is -2.26. The van der Waals surface area contributed by atoms with Gasteiger partial charge in [0.05, 0.1) is 11.7 Å². The molecule has 1 saturated heterocycles. The van der Waals surface area contributed by atoms with Gasteiger partial charge < -0.3 is 15.2 Å². The van der Waals surface area contributed by atoms with Crippen molar-refractivity contribution in [3.05, 3.63) is 27.9 Å². The molecule has 0 amide bonds. The van der Waals surface area contributed by atoms with Crippen molar-refractivity contribution in [1.82, 2.24) is 25.1 Å².